The molecule has 0 aliphatic rings. The smallest absolute Gasteiger partial charge is 0.166 e. The average molecular weight is 183 g/mol. The van der Waals surface area contributed by atoms with Crippen LogP contribution in [0.25, 0.3) is 0 Å². The summed E-state index contributed by atoms with van der Waals surface area (Å²) in [6.45, 7) is 2.50. The van der Waals surface area contributed by atoms with E-state index in [9.17, 15) is 4.79 Å². The van der Waals surface area contributed by atoms with Gasteiger partial charge in [0.05, 0.1) is 0 Å². The van der Waals surface area contributed by atoms with Gasteiger partial charge in [0.25, 0.3) is 0 Å². The zero-order valence-electron chi connectivity index (χ0n) is 7.12. The first-order valence-electron chi connectivity index (χ1n) is 4.02. The van der Waals surface area contributed by atoms with Gasteiger partial charge in [0.1, 0.15) is 0 Å². The minimum Gasteiger partial charge on any atom is -0.330 e. The predicted octanol–water partition coefficient (Wildman–Crippen LogP) is 1.92. The molecule has 0 spiro atoms. The van der Waals surface area contributed by atoms with E-state index >= 15 is 0 Å². The Bertz CT molecular complexity index is 243. The number of rotatable bonds is 4. The number of hydrogen-bond acceptors (Lipinski definition) is 3. The van der Waals surface area contributed by atoms with Gasteiger partial charge in [-0.15, -0.1) is 0 Å². The number of Topliss-reactive ketones (excluding diaryl/α,β-unsaturated/α-hetero) is 1. The molecule has 0 aliphatic heterocycles. The lowest BCUT2D eigenvalue weighted by atomic mass is 9.99. The number of carbonyl (C=O) groups is 1. The quantitative estimate of drug-likeness (QED) is 0.725. The maximum absolute atomic E-state index is 11.5. The van der Waals surface area contributed by atoms with Crippen molar-refractivity contribution in [2.75, 3.05) is 6.54 Å². The molecule has 1 unspecified atom stereocenters. The highest BCUT2D eigenvalue weighted by atomic mass is 32.1. The number of nitrogens with two attached hydrogens (primary N) is 1. The molecule has 1 atom stereocenters. The first-order valence-corrected chi connectivity index (χ1v) is 4.96. The third-order valence-corrected chi connectivity index (χ3v) is 2.54. The Morgan fingerprint density at radius 2 is 2.50 bits per heavy atom. The second-order valence-corrected chi connectivity index (χ2v) is 3.63. The summed E-state index contributed by atoms with van der Waals surface area (Å²) >= 11 is 1.55. The van der Waals surface area contributed by atoms with Crippen LogP contribution in [0.2, 0.25) is 0 Å². The number of hydrogen-bond donors (Lipinski definition) is 1. The van der Waals surface area contributed by atoms with Gasteiger partial charge in [-0.05, 0) is 24.4 Å². The Labute approximate surface area is 76.4 Å². The van der Waals surface area contributed by atoms with Crippen LogP contribution in [0.15, 0.2) is 16.8 Å². The van der Waals surface area contributed by atoms with E-state index in [0.29, 0.717) is 6.54 Å². The van der Waals surface area contributed by atoms with Crippen LogP contribution in [-0.4, -0.2) is 12.3 Å². The van der Waals surface area contributed by atoms with E-state index in [4.69, 9.17) is 5.73 Å². The number of thiophene rings is 1. The van der Waals surface area contributed by atoms with Crippen molar-refractivity contribution >= 4 is 17.1 Å². The molecule has 12 heavy (non-hydrogen) atoms. The molecule has 0 bridgehead atoms. The van der Waals surface area contributed by atoms with Gasteiger partial charge in [0.15, 0.2) is 5.78 Å². The van der Waals surface area contributed by atoms with Gasteiger partial charge in [-0.2, -0.15) is 11.3 Å². The molecule has 2 nitrogen and oxygen atoms in total. The summed E-state index contributed by atoms with van der Waals surface area (Å²) in [5.41, 5.74) is 6.19. The molecular formula is C9H13NOS. The van der Waals surface area contributed by atoms with Crippen LogP contribution >= 0.6 is 11.3 Å². The third kappa shape index (κ3) is 2.16. The molecule has 0 aliphatic carbocycles. The third-order valence-electron chi connectivity index (χ3n) is 1.85. The molecule has 1 aromatic rings. The molecule has 0 amide bonds. The SMILES string of the molecule is CC(CCN)C(=O)c1ccsc1. The van der Waals surface area contributed by atoms with Crippen molar-refractivity contribution in [1.29, 1.82) is 0 Å². The van der Waals surface area contributed by atoms with E-state index in [-0.39, 0.29) is 11.7 Å². The zero-order chi connectivity index (χ0) is 8.97. The van der Waals surface area contributed by atoms with Crippen molar-refractivity contribution in [3.05, 3.63) is 22.4 Å². The lowest BCUT2D eigenvalue weighted by Crippen LogP contribution is -2.14. The Morgan fingerprint density at radius 3 is 3.00 bits per heavy atom. The van der Waals surface area contributed by atoms with Gasteiger partial charge in [-0.3, -0.25) is 4.79 Å². The van der Waals surface area contributed by atoms with E-state index in [1.807, 2.05) is 23.8 Å². The van der Waals surface area contributed by atoms with Crippen molar-refractivity contribution in [1.82, 2.24) is 0 Å². The maximum atomic E-state index is 11.5. The Balaban J connectivity index is 2.59. The Kier molecular flexibility index (Phi) is 3.44. The summed E-state index contributed by atoms with van der Waals surface area (Å²) in [6.07, 6.45) is 0.773. The molecule has 1 rings (SSSR count). The molecule has 0 fully saturated rings. The fourth-order valence-corrected chi connectivity index (χ4v) is 1.72. The van der Waals surface area contributed by atoms with Crippen molar-refractivity contribution in [2.24, 2.45) is 11.7 Å². The first-order chi connectivity index (χ1) is 5.75. The number of carbonyl (C=O) groups excluding carboxylic acids is 1. The van der Waals surface area contributed by atoms with Gasteiger partial charge in [-0.25, -0.2) is 0 Å². The molecule has 0 radical (unpaired) electrons. The molecular weight excluding hydrogens is 170 g/mol. The van der Waals surface area contributed by atoms with Crippen molar-refractivity contribution in [2.45, 2.75) is 13.3 Å². The van der Waals surface area contributed by atoms with E-state index < -0.39 is 0 Å². The van der Waals surface area contributed by atoms with Gasteiger partial charge >= 0.3 is 0 Å². The van der Waals surface area contributed by atoms with Gasteiger partial charge < -0.3 is 5.73 Å². The van der Waals surface area contributed by atoms with Crippen LogP contribution in [-0.2, 0) is 0 Å². The van der Waals surface area contributed by atoms with Crippen LogP contribution < -0.4 is 5.73 Å². The van der Waals surface area contributed by atoms with E-state index in [2.05, 4.69) is 0 Å². The molecule has 0 saturated carbocycles. The summed E-state index contributed by atoms with van der Waals surface area (Å²) in [5.74, 6) is 0.270. The summed E-state index contributed by atoms with van der Waals surface area (Å²) in [5, 5.41) is 3.80. The van der Waals surface area contributed by atoms with Crippen LogP contribution in [0.5, 0.6) is 0 Å². The fourth-order valence-electron chi connectivity index (χ4n) is 1.07. The topological polar surface area (TPSA) is 43.1 Å². The zero-order valence-corrected chi connectivity index (χ0v) is 7.93. The van der Waals surface area contributed by atoms with Crippen LogP contribution in [0, 0.1) is 5.92 Å². The highest BCUT2D eigenvalue weighted by Crippen LogP contribution is 2.13. The largest absolute Gasteiger partial charge is 0.330 e. The summed E-state index contributed by atoms with van der Waals surface area (Å²) in [4.78, 5) is 11.5. The van der Waals surface area contributed by atoms with Gasteiger partial charge in [0.2, 0.25) is 0 Å². The normalized spacial score (nSPS) is 12.8. The van der Waals surface area contributed by atoms with Crippen LogP contribution in [0.4, 0.5) is 0 Å². The van der Waals surface area contributed by atoms with Crippen LogP contribution in [0.3, 0.4) is 0 Å². The molecule has 1 aromatic heterocycles. The maximum Gasteiger partial charge on any atom is 0.166 e. The molecule has 0 saturated heterocycles. The second-order valence-electron chi connectivity index (χ2n) is 2.85. The molecule has 66 valence electrons. The minimum atomic E-state index is 0.0598. The minimum absolute atomic E-state index is 0.0598. The Hall–Kier alpha value is -0.670. The molecule has 0 aromatic carbocycles. The summed E-state index contributed by atoms with van der Waals surface area (Å²) < 4.78 is 0. The van der Waals surface area contributed by atoms with Gasteiger partial charge in [-0.1, -0.05) is 6.92 Å². The lowest BCUT2D eigenvalue weighted by Gasteiger charge is -2.06. The highest BCUT2D eigenvalue weighted by Gasteiger charge is 2.13. The highest BCUT2D eigenvalue weighted by molar-refractivity contribution is 7.08. The standard InChI is InChI=1S/C9H13NOS/c1-7(2-4-10)9(11)8-3-5-12-6-8/h3,5-7H,2,4,10H2,1H3. The molecule has 3 heteroatoms. The fraction of sp³-hybridized carbons (Fsp3) is 0.444. The Morgan fingerprint density at radius 1 is 1.75 bits per heavy atom. The monoisotopic (exact) mass is 183 g/mol. The van der Waals surface area contributed by atoms with Crippen molar-refractivity contribution in [3.63, 3.8) is 0 Å². The van der Waals surface area contributed by atoms with E-state index in [1.54, 1.807) is 11.3 Å². The summed E-state index contributed by atoms with van der Waals surface area (Å²) in [6, 6.07) is 1.86. The van der Waals surface area contributed by atoms with Gasteiger partial charge in [0, 0.05) is 16.9 Å². The van der Waals surface area contributed by atoms with E-state index in [0.717, 1.165) is 12.0 Å². The van der Waals surface area contributed by atoms with E-state index in [1.165, 1.54) is 0 Å². The van der Waals surface area contributed by atoms with Crippen LogP contribution in [0.1, 0.15) is 23.7 Å². The molecule has 2 N–H and O–H groups in total. The average Bonchev–Trinajstić information content (AvgIpc) is 2.55. The first kappa shape index (κ1) is 9.42. The molecule has 1 heterocycles. The predicted molar refractivity (Wildman–Crippen MR) is 51.5 cm³/mol. The second kappa shape index (κ2) is 4.38. The lowest BCUT2D eigenvalue weighted by molar-refractivity contribution is 0.0926. The van der Waals surface area contributed by atoms with Crippen molar-refractivity contribution in [3.8, 4) is 0 Å². The number of ketones is 1. The summed E-state index contributed by atoms with van der Waals surface area (Å²) in [7, 11) is 0. The van der Waals surface area contributed by atoms with Crippen molar-refractivity contribution < 1.29 is 4.79 Å².